The second kappa shape index (κ2) is 7.97. The van der Waals surface area contributed by atoms with E-state index in [9.17, 15) is 4.79 Å². The van der Waals surface area contributed by atoms with Gasteiger partial charge in [0, 0.05) is 17.8 Å². The first-order valence-corrected chi connectivity index (χ1v) is 8.54. The minimum Gasteiger partial charge on any atom is -0.494 e. The fourth-order valence-electron chi connectivity index (χ4n) is 2.56. The number of carbonyl (C=O) groups is 1. The highest BCUT2D eigenvalue weighted by Crippen LogP contribution is 2.31. The Morgan fingerprint density at radius 2 is 1.92 bits per heavy atom. The smallest absolute Gasteiger partial charge is 0.237 e. The van der Waals surface area contributed by atoms with E-state index >= 15 is 0 Å². The van der Waals surface area contributed by atoms with E-state index in [4.69, 9.17) is 16.3 Å². The maximum atomic E-state index is 12.0. The number of hydrogen-bond donors (Lipinski definition) is 1. The number of para-hydroxylation sites is 1. The Hall–Kier alpha value is -2.33. The molecular weight excluding hydrogens is 324 g/mol. The SMILES string of the molecule is O=C1Nc2ccccc2C1C=Nc1ccc(OCCCCCl)cc1. The lowest BCUT2D eigenvalue weighted by Crippen LogP contribution is -2.12. The molecule has 24 heavy (non-hydrogen) atoms. The van der Waals surface area contributed by atoms with E-state index in [0.717, 1.165) is 35.5 Å². The number of anilines is 1. The van der Waals surface area contributed by atoms with Crippen molar-refractivity contribution in [1.29, 1.82) is 0 Å². The van der Waals surface area contributed by atoms with Gasteiger partial charge >= 0.3 is 0 Å². The summed E-state index contributed by atoms with van der Waals surface area (Å²) in [7, 11) is 0. The Kier molecular flexibility index (Phi) is 5.49. The van der Waals surface area contributed by atoms with Crippen LogP contribution in [0.25, 0.3) is 0 Å². The minimum atomic E-state index is -0.340. The fourth-order valence-corrected chi connectivity index (χ4v) is 2.75. The zero-order valence-electron chi connectivity index (χ0n) is 13.2. The number of nitrogens with one attached hydrogen (secondary N) is 1. The van der Waals surface area contributed by atoms with Gasteiger partial charge in [-0.2, -0.15) is 0 Å². The minimum absolute atomic E-state index is 0.0424. The van der Waals surface area contributed by atoms with E-state index in [1.165, 1.54) is 0 Å². The lowest BCUT2D eigenvalue weighted by Gasteiger charge is -2.05. The number of alkyl halides is 1. The number of unbranched alkanes of at least 4 members (excludes halogenated alkanes) is 1. The molecule has 3 rings (SSSR count). The summed E-state index contributed by atoms with van der Waals surface area (Å²) in [5, 5.41) is 2.87. The molecule has 2 aromatic rings. The number of rotatable bonds is 7. The predicted octanol–water partition coefficient (Wildman–Crippen LogP) is 4.52. The van der Waals surface area contributed by atoms with Crippen molar-refractivity contribution in [3.8, 4) is 5.75 Å². The molecule has 5 heteroatoms. The highest BCUT2D eigenvalue weighted by molar-refractivity contribution is 6.17. The maximum Gasteiger partial charge on any atom is 0.237 e. The number of nitrogens with zero attached hydrogens (tertiary/aromatic N) is 1. The van der Waals surface area contributed by atoms with Crippen LogP contribution in [0.15, 0.2) is 53.5 Å². The number of halogens is 1. The summed E-state index contributed by atoms with van der Waals surface area (Å²) < 4.78 is 5.63. The summed E-state index contributed by atoms with van der Waals surface area (Å²) in [5.74, 6) is 1.09. The number of hydrogen-bond acceptors (Lipinski definition) is 3. The lowest BCUT2D eigenvalue weighted by atomic mass is 10.0. The summed E-state index contributed by atoms with van der Waals surface area (Å²) in [6, 6.07) is 15.2. The lowest BCUT2D eigenvalue weighted by molar-refractivity contribution is -0.115. The van der Waals surface area contributed by atoms with Gasteiger partial charge in [0.2, 0.25) is 5.91 Å². The van der Waals surface area contributed by atoms with Crippen molar-refractivity contribution >= 4 is 35.1 Å². The summed E-state index contributed by atoms with van der Waals surface area (Å²) in [5.41, 5.74) is 2.62. The maximum absolute atomic E-state index is 12.0. The zero-order chi connectivity index (χ0) is 16.8. The molecule has 0 saturated heterocycles. The molecule has 1 unspecified atom stereocenters. The summed E-state index contributed by atoms with van der Waals surface area (Å²) in [6.07, 6.45) is 3.59. The number of ether oxygens (including phenoxy) is 1. The third kappa shape index (κ3) is 3.95. The Morgan fingerprint density at radius 1 is 1.12 bits per heavy atom. The molecule has 4 nitrogen and oxygen atoms in total. The van der Waals surface area contributed by atoms with Crippen LogP contribution in [0.2, 0.25) is 0 Å². The van der Waals surface area contributed by atoms with Crippen LogP contribution in [0, 0.1) is 0 Å². The second-order valence-corrected chi connectivity index (χ2v) is 5.95. The summed E-state index contributed by atoms with van der Waals surface area (Å²) in [6.45, 7) is 0.661. The van der Waals surface area contributed by atoms with Crippen molar-refractivity contribution in [2.24, 2.45) is 4.99 Å². The number of aliphatic imine (C=N–C) groups is 1. The molecule has 2 aromatic carbocycles. The van der Waals surface area contributed by atoms with E-state index in [1.54, 1.807) is 6.21 Å². The van der Waals surface area contributed by atoms with E-state index < -0.39 is 0 Å². The van der Waals surface area contributed by atoms with Crippen molar-refractivity contribution in [1.82, 2.24) is 0 Å². The van der Waals surface area contributed by atoms with Crippen LogP contribution < -0.4 is 10.1 Å². The second-order valence-electron chi connectivity index (χ2n) is 5.57. The van der Waals surface area contributed by atoms with E-state index in [-0.39, 0.29) is 11.8 Å². The molecule has 1 aliphatic rings. The molecule has 0 bridgehead atoms. The normalized spacial score (nSPS) is 16.2. The summed E-state index contributed by atoms with van der Waals surface area (Å²) in [4.78, 5) is 16.5. The molecule has 1 aliphatic heterocycles. The van der Waals surface area contributed by atoms with E-state index in [2.05, 4.69) is 10.3 Å². The quantitative estimate of drug-likeness (QED) is 0.457. The van der Waals surface area contributed by atoms with Gasteiger partial charge in [-0.3, -0.25) is 9.79 Å². The highest BCUT2D eigenvalue weighted by Gasteiger charge is 2.28. The van der Waals surface area contributed by atoms with E-state index in [1.807, 2.05) is 48.5 Å². The molecule has 0 radical (unpaired) electrons. The molecular formula is C19H19ClN2O2. The number of benzene rings is 2. The van der Waals surface area contributed by atoms with Crippen molar-refractivity contribution in [3.05, 3.63) is 54.1 Å². The van der Waals surface area contributed by atoms with Crippen LogP contribution >= 0.6 is 11.6 Å². The molecule has 0 aromatic heterocycles. The molecule has 1 atom stereocenters. The average molecular weight is 343 g/mol. The Bertz CT molecular complexity index is 728. The Balaban J connectivity index is 1.62. The molecule has 0 spiro atoms. The van der Waals surface area contributed by atoms with Gasteiger partial charge in [-0.1, -0.05) is 18.2 Å². The number of carbonyl (C=O) groups excluding carboxylic acids is 1. The van der Waals surface area contributed by atoms with Gasteiger partial charge in [-0.25, -0.2) is 0 Å². The monoisotopic (exact) mass is 342 g/mol. The van der Waals surface area contributed by atoms with Gasteiger partial charge < -0.3 is 10.1 Å². The molecule has 1 N–H and O–H groups in total. The molecule has 0 aliphatic carbocycles. The Morgan fingerprint density at radius 3 is 2.71 bits per heavy atom. The average Bonchev–Trinajstić information content (AvgIpc) is 2.93. The van der Waals surface area contributed by atoms with Gasteiger partial charge in [0.1, 0.15) is 11.7 Å². The molecule has 124 valence electrons. The van der Waals surface area contributed by atoms with Crippen LogP contribution in [-0.2, 0) is 4.79 Å². The van der Waals surface area contributed by atoms with Crippen molar-refractivity contribution in [2.45, 2.75) is 18.8 Å². The highest BCUT2D eigenvalue weighted by atomic mass is 35.5. The largest absolute Gasteiger partial charge is 0.494 e. The van der Waals surface area contributed by atoms with Crippen LogP contribution in [-0.4, -0.2) is 24.6 Å². The first kappa shape index (κ1) is 16.5. The fraction of sp³-hybridized carbons (Fsp3) is 0.263. The third-order valence-corrected chi connectivity index (χ3v) is 4.11. The van der Waals surface area contributed by atoms with Crippen LogP contribution in [0.5, 0.6) is 5.75 Å². The molecule has 0 fully saturated rings. The van der Waals surface area contributed by atoms with Crippen LogP contribution in [0.3, 0.4) is 0 Å². The van der Waals surface area contributed by atoms with E-state index in [0.29, 0.717) is 12.5 Å². The van der Waals surface area contributed by atoms with Crippen molar-refractivity contribution < 1.29 is 9.53 Å². The van der Waals surface area contributed by atoms with Gasteiger partial charge in [-0.05, 0) is 48.7 Å². The van der Waals surface area contributed by atoms with Gasteiger partial charge in [0.15, 0.2) is 0 Å². The van der Waals surface area contributed by atoms with Gasteiger partial charge in [0.05, 0.1) is 12.3 Å². The standard InChI is InChI=1S/C19H19ClN2O2/c20-11-3-4-12-24-15-9-7-14(8-10-15)21-13-17-16-5-1-2-6-18(16)22-19(17)23/h1-2,5-10,13,17H,3-4,11-12H2,(H,22,23). The molecule has 1 heterocycles. The first-order chi connectivity index (χ1) is 11.8. The Labute approximate surface area is 146 Å². The van der Waals surface area contributed by atoms with Crippen LogP contribution in [0.4, 0.5) is 11.4 Å². The number of fused-ring (bicyclic) bond motifs is 1. The van der Waals surface area contributed by atoms with Gasteiger partial charge in [0.25, 0.3) is 0 Å². The number of amides is 1. The van der Waals surface area contributed by atoms with Crippen LogP contribution in [0.1, 0.15) is 24.3 Å². The molecule has 1 amide bonds. The summed E-state index contributed by atoms with van der Waals surface area (Å²) >= 11 is 5.63. The third-order valence-electron chi connectivity index (χ3n) is 3.84. The molecule has 0 saturated carbocycles. The van der Waals surface area contributed by atoms with Crippen molar-refractivity contribution in [2.75, 3.05) is 17.8 Å². The first-order valence-electron chi connectivity index (χ1n) is 8.01. The predicted molar refractivity (Wildman–Crippen MR) is 97.9 cm³/mol. The van der Waals surface area contributed by atoms with Crippen molar-refractivity contribution in [3.63, 3.8) is 0 Å². The zero-order valence-corrected chi connectivity index (χ0v) is 14.0. The topological polar surface area (TPSA) is 50.7 Å². The van der Waals surface area contributed by atoms with Gasteiger partial charge in [-0.15, -0.1) is 11.6 Å².